The van der Waals surface area contributed by atoms with Crippen LogP contribution in [0.1, 0.15) is 0 Å². The summed E-state index contributed by atoms with van der Waals surface area (Å²) in [5.74, 6) is 0.404. The smallest absolute Gasteiger partial charge is 0.204 e. The van der Waals surface area contributed by atoms with E-state index >= 15 is 0 Å². The summed E-state index contributed by atoms with van der Waals surface area (Å²) in [6.45, 7) is 5.39. The van der Waals surface area contributed by atoms with Crippen molar-refractivity contribution in [2.24, 2.45) is 5.73 Å². The molecule has 4 nitrogen and oxygen atoms in total. The van der Waals surface area contributed by atoms with Crippen LogP contribution in [-0.2, 0) is 6.54 Å². The van der Waals surface area contributed by atoms with Crippen LogP contribution in [0, 0.1) is 5.82 Å². The maximum absolute atomic E-state index is 13.1. The summed E-state index contributed by atoms with van der Waals surface area (Å²) >= 11 is 0. The molecule has 1 aromatic heterocycles. The zero-order valence-corrected chi connectivity index (χ0v) is 9.49. The van der Waals surface area contributed by atoms with Gasteiger partial charge in [0.1, 0.15) is 5.82 Å². The lowest BCUT2D eigenvalue weighted by molar-refractivity contribution is 0.629. The lowest BCUT2D eigenvalue weighted by Crippen LogP contribution is -2.13. The van der Waals surface area contributed by atoms with Gasteiger partial charge < -0.3 is 15.6 Å². The quantitative estimate of drug-likeness (QED) is 0.775. The normalized spacial score (nSPS) is 10.7. The summed E-state index contributed by atoms with van der Waals surface area (Å²) in [6, 6.07) is 4.56. The number of halogens is 1. The van der Waals surface area contributed by atoms with Crippen molar-refractivity contribution < 1.29 is 4.39 Å². The van der Waals surface area contributed by atoms with Crippen LogP contribution in [0.25, 0.3) is 11.0 Å². The van der Waals surface area contributed by atoms with Gasteiger partial charge in [-0.15, -0.1) is 6.58 Å². The molecule has 0 amide bonds. The molecule has 0 atom stereocenters. The number of benzene rings is 1. The molecule has 0 unspecified atom stereocenters. The lowest BCUT2D eigenvalue weighted by atomic mass is 10.3. The highest BCUT2D eigenvalue weighted by molar-refractivity contribution is 5.78. The fourth-order valence-electron chi connectivity index (χ4n) is 1.76. The van der Waals surface area contributed by atoms with E-state index in [0.29, 0.717) is 31.1 Å². The van der Waals surface area contributed by atoms with Crippen LogP contribution in [-0.4, -0.2) is 22.6 Å². The minimum Gasteiger partial charge on any atom is -0.352 e. The monoisotopic (exact) mass is 234 g/mol. The molecule has 0 saturated carbocycles. The molecule has 0 aliphatic carbocycles. The summed E-state index contributed by atoms with van der Waals surface area (Å²) in [5, 5.41) is 3.11. The Kier molecular flexibility index (Phi) is 3.39. The van der Waals surface area contributed by atoms with Gasteiger partial charge in [0.25, 0.3) is 0 Å². The summed E-state index contributed by atoms with van der Waals surface area (Å²) < 4.78 is 15.0. The Balaban J connectivity index is 2.49. The zero-order valence-electron chi connectivity index (χ0n) is 9.49. The van der Waals surface area contributed by atoms with Crippen LogP contribution in [0.5, 0.6) is 0 Å². The molecular formula is C12H15FN4. The van der Waals surface area contributed by atoms with Crippen molar-refractivity contribution in [1.82, 2.24) is 9.55 Å². The van der Waals surface area contributed by atoms with Gasteiger partial charge in [0, 0.05) is 25.7 Å². The Morgan fingerprint density at radius 2 is 2.35 bits per heavy atom. The summed E-state index contributed by atoms with van der Waals surface area (Å²) in [5.41, 5.74) is 7.08. The lowest BCUT2D eigenvalue weighted by Gasteiger charge is -2.07. The Hall–Kier alpha value is -1.88. The van der Waals surface area contributed by atoms with Gasteiger partial charge in [0.2, 0.25) is 5.95 Å². The minimum atomic E-state index is -0.287. The van der Waals surface area contributed by atoms with E-state index in [1.807, 2.05) is 4.57 Å². The molecule has 0 radical (unpaired) electrons. The molecule has 0 spiro atoms. The first-order valence-corrected chi connectivity index (χ1v) is 5.47. The molecule has 0 saturated heterocycles. The summed E-state index contributed by atoms with van der Waals surface area (Å²) in [6.07, 6.45) is 1.74. The van der Waals surface area contributed by atoms with E-state index in [2.05, 4.69) is 16.9 Å². The van der Waals surface area contributed by atoms with E-state index < -0.39 is 0 Å². The van der Waals surface area contributed by atoms with Gasteiger partial charge in [-0.3, -0.25) is 0 Å². The maximum atomic E-state index is 13.1. The van der Waals surface area contributed by atoms with Gasteiger partial charge in [-0.1, -0.05) is 6.08 Å². The number of nitrogens with two attached hydrogens (primary N) is 1. The first-order valence-electron chi connectivity index (χ1n) is 5.47. The second-order valence-corrected chi connectivity index (χ2v) is 3.68. The Bertz CT molecular complexity index is 533. The highest BCUT2D eigenvalue weighted by Crippen LogP contribution is 2.20. The number of hydrogen-bond donors (Lipinski definition) is 2. The molecule has 0 bridgehead atoms. The fraction of sp³-hybridized carbons (Fsp3) is 0.250. The highest BCUT2D eigenvalue weighted by Gasteiger charge is 2.09. The van der Waals surface area contributed by atoms with Crippen molar-refractivity contribution >= 4 is 17.0 Å². The van der Waals surface area contributed by atoms with Crippen molar-refractivity contribution in [2.45, 2.75) is 6.54 Å². The molecule has 3 N–H and O–H groups in total. The number of nitrogens with zero attached hydrogens (tertiary/aromatic N) is 2. The standard InChI is InChI=1S/C12H15FN4/c1-2-6-15-12-16-10-8-9(13)3-4-11(10)17(12)7-5-14/h2-4,8H,1,5-7,14H2,(H,15,16). The predicted molar refractivity (Wildman–Crippen MR) is 67.4 cm³/mol. The molecule has 0 aliphatic rings. The number of hydrogen-bond acceptors (Lipinski definition) is 3. The van der Waals surface area contributed by atoms with Crippen molar-refractivity contribution in [3.8, 4) is 0 Å². The Labute approximate surface area is 98.9 Å². The third kappa shape index (κ3) is 2.29. The molecule has 90 valence electrons. The fourth-order valence-corrected chi connectivity index (χ4v) is 1.76. The molecule has 2 aromatic rings. The average molecular weight is 234 g/mol. The van der Waals surface area contributed by atoms with Crippen LogP contribution in [0.4, 0.5) is 10.3 Å². The van der Waals surface area contributed by atoms with E-state index in [1.54, 1.807) is 12.1 Å². The van der Waals surface area contributed by atoms with Crippen LogP contribution >= 0.6 is 0 Å². The number of rotatable bonds is 5. The molecule has 5 heteroatoms. The second-order valence-electron chi connectivity index (χ2n) is 3.68. The third-order valence-electron chi connectivity index (χ3n) is 2.47. The molecule has 0 aliphatic heterocycles. The van der Waals surface area contributed by atoms with Gasteiger partial charge >= 0.3 is 0 Å². The summed E-state index contributed by atoms with van der Waals surface area (Å²) in [4.78, 5) is 4.34. The largest absolute Gasteiger partial charge is 0.352 e. The Morgan fingerprint density at radius 1 is 1.53 bits per heavy atom. The molecule has 0 fully saturated rings. The van der Waals surface area contributed by atoms with Gasteiger partial charge in [-0.05, 0) is 12.1 Å². The van der Waals surface area contributed by atoms with Crippen LogP contribution in [0.3, 0.4) is 0 Å². The predicted octanol–water partition coefficient (Wildman–Crippen LogP) is 1.73. The number of fused-ring (bicyclic) bond motifs is 1. The summed E-state index contributed by atoms with van der Waals surface area (Å²) in [7, 11) is 0. The molecule has 1 aromatic carbocycles. The van der Waals surface area contributed by atoms with Crippen molar-refractivity contribution in [3.05, 3.63) is 36.7 Å². The van der Waals surface area contributed by atoms with E-state index in [4.69, 9.17) is 5.73 Å². The molecule has 1 heterocycles. The third-order valence-corrected chi connectivity index (χ3v) is 2.47. The van der Waals surface area contributed by atoms with Crippen LogP contribution in [0.15, 0.2) is 30.9 Å². The molecule has 17 heavy (non-hydrogen) atoms. The van der Waals surface area contributed by atoms with Gasteiger partial charge in [-0.2, -0.15) is 0 Å². The van der Waals surface area contributed by atoms with E-state index in [-0.39, 0.29) is 5.82 Å². The van der Waals surface area contributed by atoms with E-state index in [0.717, 1.165) is 5.52 Å². The Morgan fingerprint density at radius 3 is 3.06 bits per heavy atom. The average Bonchev–Trinajstić information content (AvgIpc) is 2.64. The minimum absolute atomic E-state index is 0.287. The van der Waals surface area contributed by atoms with Crippen molar-refractivity contribution in [2.75, 3.05) is 18.4 Å². The van der Waals surface area contributed by atoms with Crippen molar-refractivity contribution in [1.29, 1.82) is 0 Å². The number of aromatic nitrogens is 2. The van der Waals surface area contributed by atoms with Crippen molar-refractivity contribution in [3.63, 3.8) is 0 Å². The first-order chi connectivity index (χ1) is 8.26. The SMILES string of the molecule is C=CCNc1nc2cc(F)ccc2n1CCN. The number of anilines is 1. The number of imidazole rings is 1. The zero-order chi connectivity index (χ0) is 12.3. The first kappa shape index (κ1) is 11.6. The number of nitrogens with one attached hydrogen (secondary N) is 1. The van der Waals surface area contributed by atoms with E-state index in [1.165, 1.54) is 12.1 Å². The van der Waals surface area contributed by atoms with Gasteiger partial charge in [0.05, 0.1) is 11.0 Å². The topological polar surface area (TPSA) is 55.9 Å². The van der Waals surface area contributed by atoms with Crippen LogP contribution in [0.2, 0.25) is 0 Å². The highest BCUT2D eigenvalue weighted by atomic mass is 19.1. The molecule has 2 rings (SSSR count). The van der Waals surface area contributed by atoms with E-state index in [9.17, 15) is 4.39 Å². The van der Waals surface area contributed by atoms with Crippen LogP contribution < -0.4 is 11.1 Å². The molecular weight excluding hydrogens is 219 g/mol. The maximum Gasteiger partial charge on any atom is 0.204 e. The van der Waals surface area contributed by atoms with Gasteiger partial charge in [-0.25, -0.2) is 9.37 Å². The second kappa shape index (κ2) is 4.97. The van der Waals surface area contributed by atoms with Gasteiger partial charge in [0.15, 0.2) is 0 Å².